The van der Waals surface area contributed by atoms with Crippen LogP contribution in [0.15, 0.2) is 60.7 Å². The third kappa shape index (κ3) is 3.67. The average molecular weight is 353 g/mol. The van der Waals surface area contributed by atoms with Gasteiger partial charge in [0.1, 0.15) is 6.61 Å². The Labute approximate surface area is 155 Å². The van der Waals surface area contributed by atoms with Crippen LogP contribution in [0.4, 0.5) is 0 Å². The average Bonchev–Trinajstić information content (AvgIpc) is 3.10. The van der Waals surface area contributed by atoms with Gasteiger partial charge in [-0.1, -0.05) is 60.7 Å². The topological polar surface area (TPSA) is 38.8 Å². The molecule has 1 heterocycles. The van der Waals surface area contributed by atoms with Crippen LogP contribution in [0.25, 0.3) is 0 Å². The minimum Gasteiger partial charge on any atom is -0.461 e. The fourth-order valence-corrected chi connectivity index (χ4v) is 3.65. The first kappa shape index (κ1) is 18.6. The molecule has 26 heavy (non-hydrogen) atoms. The van der Waals surface area contributed by atoms with Crippen molar-refractivity contribution in [2.75, 3.05) is 26.8 Å². The van der Waals surface area contributed by atoms with Crippen molar-refractivity contribution < 1.29 is 14.3 Å². The van der Waals surface area contributed by atoms with Crippen molar-refractivity contribution in [2.45, 2.75) is 31.4 Å². The van der Waals surface area contributed by atoms with Crippen LogP contribution in [0.5, 0.6) is 0 Å². The monoisotopic (exact) mass is 353 g/mol. The molecule has 0 amide bonds. The summed E-state index contributed by atoms with van der Waals surface area (Å²) in [5.74, 6) is -0.350. The maximum atomic E-state index is 13.4. The lowest BCUT2D eigenvalue weighted by Crippen LogP contribution is -2.43. The van der Waals surface area contributed by atoms with Gasteiger partial charge in [0.25, 0.3) is 0 Å². The maximum absolute atomic E-state index is 13.4. The summed E-state index contributed by atoms with van der Waals surface area (Å²) in [6, 6.07) is 19.5. The van der Waals surface area contributed by atoms with E-state index in [-0.39, 0.29) is 12.0 Å². The molecule has 4 heteroatoms. The molecule has 0 radical (unpaired) electrons. The summed E-state index contributed by atoms with van der Waals surface area (Å²) >= 11 is 0. The second kappa shape index (κ2) is 8.47. The Morgan fingerprint density at radius 1 is 1.08 bits per heavy atom. The first-order valence-electron chi connectivity index (χ1n) is 9.31. The van der Waals surface area contributed by atoms with Crippen LogP contribution in [0.2, 0.25) is 0 Å². The van der Waals surface area contributed by atoms with Crippen LogP contribution >= 0.6 is 0 Å². The molecule has 0 aromatic heterocycles. The fourth-order valence-electron chi connectivity index (χ4n) is 3.65. The van der Waals surface area contributed by atoms with E-state index in [9.17, 15) is 4.79 Å². The van der Waals surface area contributed by atoms with Crippen LogP contribution in [-0.2, 0) is 19.9 Å². The van der Waals surface area contributed by atoms with E-state index >= 15 is 0 Å². The largest absolute Gasteiger partial charge is 0.461 e. The molecule has 0 N–H and O–H groups in total. The van der Waals surface area contributed by atoms with Crippen molar-refractivity contribution in [3.63, 3.8) is 0 Å². The summed E-state index contributed by atoms with van der Waals surface area (Å²) in [4.78, 5) is 15.6. The molecule has 4 nitrogen and oxygen atoms in total. The van der Waals surface area contributed by atoms with Gasteiger partial charge in [-0.2, -0.15) is 0 Å². The highest BCUT2D eigenvalue weighted by molar-refractivity contribution is 5.86. The lowest BCUT2D eigenvalue weighted by molar-refractivity contribution is -0.169. The number of carbonyl (C=O) groups is 1. The molecule has 0 spiro atoms. The summed E-state index contributed by atoms with van der Waals surface area (Å²) in [6.45, 7) is 3.75. The van der Waals surface area contributed by atoms with Gasteiger partial charge in [-0.3, -0.25) is 0 Å². The fraction of sp³-hybridized carbons (Fsp3) is 0.409. The lowest BCUT2D eigenvalue weighted by atomic mass is 9.86. The molecule has 138 valence electrons. The van der Waals surface area contributed by atoms with Gasteiger partial charge in [0.2, 0.25) is 5.60 Å². The van der Waals surface area contributed by atoms with E-state index in [1.807, 2.05) is 67.6 Å². The number of esters is 1. The quantitative estimate of drug-likeness (QED) is 0.713. The lowest BCUT2D eigenvalue weighted by Gasteiger charge is -2.33. The van der Waals surface area contributed by atoms with Crippen LogP contribution < -0.4 is 0 Å². The van der Waals surface area contributed by atoms with E-state index in [4.69, 9.17) is 9.47 Å². The zero-order valence-corrected chi connectivity index (χ0v) is 15.6. The SMILES string of the molecule is CCOC(C(=O)OCC1CCCN1C)(c1ccccc1)c1ccccc1. The van der Waals surface area contributed by atoms with Crippen molar-refractivity contribution in [3.8, 4) is 0 Å². The van der Waals surface area contributed by atoms with Crippen LogP contribution in [0, 0.1) is 0 Å². The molecule has 2 aromatic carbocycles. The highest BCUT2D eigenvalue weighted by atomic mass is 16.6. The molecule has 2 aromatic rings. The predicted octanol–water partition coefficient (Wildman–Crippen LogP) is 3.60. The summed E-state index contributed by atoms with van der Waals surface area (Å²) in [7, 11) is 2.08. The second-order valence-corrected chi connectivity index (χ2v) is 6.72. The number of ether oxygens (including phenoxy) is 2. The van der Waals surface area contributed by atoms with Gasteiger partial charge >= 0.3 is 5.97 Å². The summed E-state index contributed by atoms with van der Waals surface area (Å²) in [5, 5.41) is 0. The number of benzene rings is 2. The Hall–Kier alpha value is -2.17. The van der Waals surface area contributed by atoms with E-state index in [0.29, 0.717) is 13.2 Å². The standard InChI is InChI=1S/C22H27NO3/c1-3-26-22(18-11-6-4-7-12-18,19-13-8-5-9-14-19)21(24)25-17-20-15-10-16-23(20)2/h4-9,11-14,20H,3,10,15-17H2,1-2H3. The van der Waals surface area contributed by atoms with Crippen molar-refractivity contribution >= 4 is 5.97 Å². The number of rotatable bonds is 7. The van der Waals surface area contributed by atoms with E-state index < -0.39 is 5.60 Å². The summed E-state index contributed by atoms with van der Waals surface area (Å²) < 4.78 is 11.9. The van der Waals surface area contributed by atoms with Gasteiger partial charge in [0.15, 0.2) is 0 Å². The molecule has 3 rings (SSSR count). The van der Waals surface area contributed by atoms with E-state index in [0.717, 1.165) is 30.5 Å². The van der Waals surface area contributed by atoms with Gasteiger partial charge in [0, 0.05) is 12.6 Å². The smallest absolute Gasteiger partial charge is 0.347 e. The molecular weight excluding hydrogens is 326 g/mol. The molecule has 0 aliphatic carbocycles. The maximum Gasteiger partial charge on any atom is 0.347 e. The molecule has 1 fully saturated rings. The summed E-state index contributed by atoms with van der Waals surface area (Å²) in [5.41, 5.74) is 0.338. The molecule has 1 aliphatic rings. The normalized spacial score (nSPS) is 18.0. The number of likely N-dealkylation sites (tertiary alicyclic amines) is 1. The third-order valence-corrected chi connectivity index (χ3v) is 5.09. The number of likely N-dealkylation sites (N-methyl/N-ethyl adjacent to an activating group) is 1. The highest BCUT2D eigenvalue weighted by Gasteiger charge is 2.45. The Balaban J connectivity index is 1.95. The Morgan fingerprint density at radius 2 is 1.65 bits per heavy atom. The molecule has 1 aliphatic heterocycles. The number of carbonyl (C=O) groups excluding carboxylic acids is 1. The van der Waals surface area contributed by atoms with E-state index in [2.05, 4.69) is 11.9 Å². The Kier molecular flexibility index (Phi) is 6.07. The minimum absolute atomic E-state index is 0.282. The Bertz CT molecular complexity index is 662. The van der Waals surface area contributed by atoms with Gasteiger partial charge in [-0.15, -0.1) is 0 Å². The van der Waals surface area contributed by atoms with E-state index in [1.165, 1.54) is 0 Å². The van der Waals surface area contributed by atoms with E-state index in [1.54, 1.807) is 0 Å². The molecule has 0 saturated carbocycles. The third-order valence-electron chi connectivity index (χ3n) is 5.09. The molecule has 1 atom stereocenters. The van der Waals surface area contributed by atoms with Crippen molar-refractivity contribution in [2.24, 2.45) is 0 Å². The van der Waals surface area contributed by atoms with Crippen LogP contribution in [0.1, 0.15) is 30.9 Å². The van der Waals surface area contributed by atoms with Gasteiger partial charge < -0.3 is 14.4 Å². The number of nitrogens with zero attached hydrogens (tertiary/aromatic N) is 1. The molecule has 1 saturated heterocycles. The zero-order chi connectivity index (χ0) is 18.4. The van der Waals surface area contributed by atoms with Crippen molar-refractivity contribution in [3.05, 3.63) is 71.8 Å². The highest BCUT2D eigenvalue weighted by Crippen LogP contribution is 2.35. The zero-order valence-electron chi connectivity index (χ0n) is 15.6. The first-order valence-corrected chi connectivity index (χ1v) is 9.31. The van der Waals surface area contributed by atoms with Crippen molar-refractivity contribution in [1.29, 1.82) is 0 Å². The van der Waals surface area contributed by atoms with Gasteiger partial charge in [-0.05, 0) is 44.5 Å². The molecular formula is C22H27NO3. The first-order chi connectivity index (χ1) is 12.7. The number of hydrogen-bond acceptors (Lipinski definition) is 4. The summed E-state index contributed by atoms with van der Waals surface area (Å²) in [6.07, 6.45) is 2.20. The predicted molar refractivity (Wildman–Crippen MR) is 102 cm³/mol. The van der Waals surface area contributed by atoms with Crippen LogP contribution in [0.3, 0.4) is 0 Å². The minimum atomic E-state index is -1.24. The van der Waals surface area contributed by atoms with Crippen LogP contribution in [-0.4, -0.2) is 43.7 Å². The van der Waals surface area contributed by atoms with Gasteiger partial charge in [-0.25, -0.2) is 4.79 Å². The van der Waals surface area contributed by atoms with Gasteiger partial charge in [0.05, 0.1) is 0 Å². The molecule has 0 bridgehead atoms. The molecule has 1 unspecified atom stereocenters. The second-order valence-electron chi connectivity index (χ2n) is 6.72. The Morgan fingerprint density at radius 3 is 2.12 bits per heavy atom. The van der Waals surface area contributed by atoms with Crippen molar-refractivity contribution in [1.82, 2.24) is 4.90 Å². The number of hydrogen-bond donors (Lipinski definition) is 0.